The predicted molar refractivity (Wildman–Crippen MR) is 129 cm³/mol. The fourth-order valence-corrected chi connectivity index (χ4v) is 7.59. The number of benzene rings is 2. The van der Waals surface area contributed by atoms with Gasteiger partial charge in [0.1, 0.15) is 0 Å². The fourth-order valence-electron chi connectivity index (χ4n) is 5.15. The van der Waals surface area contributed by atoms with Crippen molar-refractivity contribution in [3.63, 3.8) is 0 Å². The molecular formula is C26H32N2O4S. The summed E-state index contributed by atoms with van der Waals surface area (Å²) in [6.45, 7) is 4.45. The van der Waals surface area contributed by atoms with Gasteiger partial charge in [-0.2, -0.15) is 0 Å². The summed E-state index contributed by atoms with van der Waals surface area (Å²) in [4.78, 5) is 28.4. The minimum atomic E-state index is -3.84. The Bertz CT molecular complexity index is 1130. The van der Waals surface area contributed by atoms with E-state index >= 15 is 0 Å². The molecule has 0 atom stereocenters. The number of carbonyl (C=O) groups excluding carboxylic acids is 2. The second-order valence-corrected chi connectivity index (χ2v) is 11.6. The Morgan fingerprint density at radius 1 is 0.970 bits per heavy atom. The first-order chi connectivity index (χ1) is 15.7. The number of nitrogens with one attached hydrogen (secondary N) is 1. The molecule has 0 unspecified atom stereocenters. The summed E-state index contributed by atoms with van der Waals surface area (Å²) in [7, 11) is -3.84. The van der Waals surface area contributed by atoms with E-state index in [1.54, 1.807) is 17.9 Å². The second-order valence-electron chi connectivity index (χ2n) is 9.40. The number of rotatable bonds is 5. The number of aryl methyl sites for hydroxylation is 2. The summed E-state index contributed by atoms with van der Waals surface area (Å²) in [5, 5.41) is 2.94. The molecule has 1 heterocycles. The molecule has 6 nitrogen and oxygen atoms in total. The smallest absolute Gasteiger partial charge is 0.244 e. The van der Waals surface area contributed by atoms with E-state index in [2.05, 4.69) is 5.32 Å². The van der Waals surface area contributed by atoms with E-state index in [0.29, 0.717) is 44.3 Å². The third-order valence-corrected chi connectivity index (χ3v) is 9.77. The van der Waals surface area contributed by atoms with E-state index in [0.717, 1.165) is 24.1 Å². The third kappa shape index (κ3) is 4.43. The van der Waals surface area contributed by atoms with Crippen LogP contribution in [0.4, 0.5) is 5.69 Å². The van der Waals surface area contributed by atoms with Crippen LogP contribution in [0.1, 0.15) is 49.7 Å². The van der Waals surface area contributed by atoms with Gasteiger partial charge < -0.3 is 10.2 Å². The topological polar surface area (TPSA) is 83.6 Å². The molecule has 0 spiro atoms. The van der Waals surface area contributed by atoms with Gasteiger partial charge in [-0.3, -0.25) is 9.59 Å². The molecule has 0 aromatic heterocycles. The zero-order valence-corrected chi connectivity index (χ0v) is 20.2. The van der Waals surface area contributed by atoms with Gasteiger partial charge in [0.25, 0.3) is 0 Å². The summed E-state index contributed by atoms with van der Waals surface area (Å²) < 4.78 is 26.4. The van der Waals surface area contributed by atoms with E-state index in [9.17, 15) is 18.0 Å². The van der Waals surface area contributed by atoms with Gasteiger partial charge in [-0.1, -0.05) is 43.2 Å². The highest BCUT2D eigenvalue weighted by Crippen LogP contribution is 2.43. The SMILES string of the molecule is Cc1ccc(C)c(S(=O)(=O)C2(C(=O)N3CCC(C(=O)Nc4ccccc4)CC3)CCCC2)c1. The van der Waals surface area contributed by atoms with Crippen molar-refractivity contribution in [2.24, 2.45) is 5.92 Å². The fraction of sp³-hybridized carbons (Fsp3) is 0.462. The lowest BCUT2D eigenvalue weighted by Crippen LogP contribution is -2.54. The van der Waals surface area contributed by atoms with Crippen molar-refractivity contribution in [3.8, 4) is 0 Å². The van der Waals surface area contributed by atoms with Crippen LogP contribution in [0.5, 0.6) is 0 Å². The van der Waals surface area contributed by atoms with Crippen LogP contribution < -0.4 is 5.32 Å². The van der Waals surface area contributed by atoms with Crippen LogP contribution in [0.2, 0.25) is 0 Å². The Morgan fingerprint density at radius 2 is 1.61 bits per heavy atom. The van der Waals surface area contributed by atoms with Crippen molar-refractivity contribution in [1.29, 1.82) is 0 Å². The van der Waals surface area contributed by atoms with Crippen molar-refractivity contribution in [3.05, 3.63) is 59.7 Å². The van der Waals surface area contributed by atoms with Crippen LogP contribution in [-0.4, -0.2) is 43.0 Å². The number of hydrogen-bond donors (Lipinski definition) is 1. The molecular weight excluding hydrogens is 436 g/mol. The van der Waals surface area contributed by atoms with E-state index in [4.69, 9.17) is 0 Å². The summed E-state index contributed by atoms with van der Waals surface area (Å²) >= 11 is 0. The number of amides is 2. The zero-order valence-electron chi connectivity index (χ0n) is 19.3. The molecule has 176 valence electrons. The lowest BCUT2D eigenvalue weighted by molar-refractivity contribution is -0.136. The number of likely N-dealkylation sites (tertiary alicyclic amines) is 1. The molecule has 33 heavy (non-hydrogen) atoms. The first kappa shape index (κ1) is 23.5. The number of para-hydroxylation sites is 1. The number of carbonyl (C=O) groups is 2. The maximum Gasteiger partial charge on any atom is 0.244 e. The molecule has 2 aliphatic rings. The van der Waals surface area contributed by atoms with E-state index < -0.39 is 14.6 Å². The van der Waals surface area contributed by atoms with Crippen molar-refractivity contribution < 1.29 is 18.0 Å². The van der Waals surface area contributed by atoms with Gasteiger partial charge in [0.2, 0.25) is 11.8 Å². The minimum absolute atomic E-state index is 0.0492. The third-order valence-electron chi connectivity index (χ3n) is 7.14. The average Bonchev–Trinajstić information content (AvgIpc) is 3.33. The highest BCUT2D eigenvalue weighted by atomic mass is 32.2. The number of hydrogen-bond acceptors (Lipinski definition) is 4. The van der Waals surface area contributed by atoms with Crippen molar-refractivity contribution >= 4 is 27.3 Å². The van der Waals surface area contributed by atoms with Gasteiger partial charge >= 0.3 is 0 Å². The minimum Gasteiger partial charge on any atom is -0.341 e. The maximum atomic E-state index is 13.9. The van der Waals surface area contributed by atoms with Gasteiger partial charge in [-0.15, -0.1) is 0 Å². The van der Waals surface area contributed by atoms with E-state index in [1.165, 1.54) is 0 Å². The number of sulfone groups is 1. The van der Waals surface area contributed by atoms with Gasteiger partial charge in [0.05, 0.1) is 4.90 Å². The molecule has 1 saturated carbocycles. The Balaban J connectivity index is 1.50. The molecule has 2 amide bonds. The maximum absolute atomic E-state index is 13.9. The van der Waals surface area contributed by atoms with Crippen molar-refractivity contribution in [1.82, 2.24) is 4.90 Å². The highest BCUT2D eigenvalue weighted by Gasteiger charge is 2.55. The van der Waals surface area contributed by atoms with E-state index in [-0.39, 0.29) is 22.6 Å². The second kappa shape index (κ2) is 9.29. The van der Waals surface area contributed by atoms with Crippen LogP contribution in [0, 0.1) is 19.8 Å². The number of anilines is 1. The van der Waals surface area contributed by atoms with Crippen LogP contribution in [0.15, 0.2) is 53.4 Å². The lowest BCUT2D eigenvalue weighted by Gasteiger charge is -2.38. The zero-order chi connectivity index (χ0) is 23.6. The van der Waals surface area contributed by atoms with Gasteiger partial charge in [0.15, 0.2) is 14.6 Å². The van der Waals surface area contributed by atoms with Crippen LogP contribution in [0.3, 0.4) is 0 Å². The molecule has 4 rings (SSSR count). The Morgan fingerprint density at radius 3 is 2.24 bits per heavy atom. The molecule has 0 bridgehead atoms. The molecule has 7 heteroatoms. The summed E-state index contributed by atoms with van der Waals surface area (Å²) in [5.74, 6) is -0.529. The Labute approximate surface area is 196 Å². The standard InChI is InChI=1S/C26H32N2O4S/c1-19-10-11-20(2)23(18-19)33(31,32)26(14-6-7-15-26)25(30)28-16-12-21(13-17-28)24(29)27-22-8-4-3-5-9-22/h3-5,8-11,18,21H,6-7,12-17H2,1-2H3,(H,27,29). The highest BCUT2D eigenvalue weighted by molar-refractivity contribution is 7.93. The molecule has 1 saturated heterocycles. The van der Waals surface area contributed by atoms with Crippen LogP contribution in [-0.2, 0) is 19.4 Å². The molecule has 1 aliphatic heterocycles. The first-order valence-electron chi connectivity index (χ1n) is 11.7. The first-order valence-corrected chi connectivity index (χ1v) is 13.2. The quantitative estimate of drug-likeness (QED) is 0.710. The molecule has 2 aromatic carbocycles. The normalized spacial score (nSPS) is 18.8. The largest absolute Gasteiger partial charge is 0.341 e. The van der Waals surface area contributed by atoms with Gasteiger partial charge in [-0.05, 0) is 68.9 Å². The Hall–Kier alpha value is -2.67. The average molecular weight is 469 g/mol. The number of nitrogens with zero attached hydrogens (tertiary/aromatic N) is 1. The summed E-state index contributed by atoms with van der Waals surface area (Å²) in [6.07, 6.45) is 3.23. The number of piperidine rings is 1. The molecule has 0 radical (unpaired) electrons. The van der Waals surface area contributed by atoms with Crippen LogP contribution in [0.25, 0.3) is 0 Å². The van der Waals surface area contributed by atoms with Gasteiger partial charge in [-0.25, -0.2) is 8.42 Å². The molecule has 2 fully saturated rings. The van der Waals surface area contributed by atoms with Gasteiger partial charge in [0, 0.05) is 24.7 Å². The molecule has 2 aromatic rings. The monoisotopic (exact) mass is 468 g/mol. The van der Waals surface area contributed by atoms with E-state index in [1.807, 2.05) is 49.4 Å². The van der Waals surface area contributed by atoms with Crippen molar-refractivity contribution in [2.45, 2.75) is 62.0 Å². The van der Waals surface area contributed by atoms with Crippen LogP contribution >= 0.6 is 0 Å². The Kier molecular flexibility index (Phi) is 6.61. The summed E-state index contributed by atoms with van der Waals surface area (Å²) in [6, 6.07) is 14.7. The molecule has 1 N–H and O–H groups in total. The molecule has 1 aliphatic carbocycles. The predicted octanol–water partition coefficient (Wildman–Crippen LogP) is 4.27. The lowest BCUT2D eigenvalue weighted by atomic mass is 9.94. The van der Waals surface area contributed by atoms with Crippen molar-refractivity contribution in [2.75, 3.05) is 18.4 Å². The summed E-state index contributed by atoms with van der Waals surface area (Å²) in [5.41, 5.74) is 2.30.